The van der Waals surface area contributed by atoms with Crippen molar-refractivity contribution in [2.24, 2.45) is 0 Å². The van der Waals surface area contributed by atoms with E-state index in [-0.39, 0.29) is 16.7 Å². The number of imide groups is 1. The van der Waals surface area contributed by atoms with Crippen LogP contribution in [0.25, 0.3) is 21.8 Å². The first-order chi connectivity index (χ1) is 15.4. The molecule has 3 N–H and O–H groups in total. The molecule has 0 bridgehead atoms. The number of methoxy groups -OCH3 is 1. The van der Waals surface area contributed by atoms with Crippen molar-refractivity contribution in [2.45, 2.75) is 13.5 Å². The molecule has 0 spiro atoms. The number of phenols is 1. The number of hydrogen-bond donors (Lipinski definition) is 3. The second kappa shape index (κ2) is 8.38. The minimum absolute atomic E-state index is 0.155. The Hall–Kier alpha value is -4.40. The fourth-order valence-corrected chi connectivity index (χ4v) is 3.61. The fourth-order valence-electron chi connectivity index (χ4n) is 3.61. The lowest BCUT2D eigenvalue weighted by atomic mass is 10.1. The molecule has 0 aliphatic carbocycles. The van der Waals surface area contributed by atoms with Crippen molar-refractivity contribution in [3.8, 4) is 11.5 Å². The molecule has 2 aromatic heterocycles. The maximum absolute atomic E-state index is 13.1. The molecular weight excluding hydrogens is 412 g/mol. The van der Waals surface area contributed by atoms with Crippen molar-refractivity contribution in [1.29, 1.82) is 0 Å². The number of anilines is 1. The number of rotatable bonds is 4. The SMILES string of the molecule is CCn1cc(C(=O)NC(=O)Nc2ccccc2OC)c(=O)c2cc(O)c3ncccc3c21. The molecule has 3 amide bonds. The van der Waals surface area contributed by atoms with E-state index in [1.165, 1.54) is 19.4 Å². The molecule has 9 heteroatoms. The zero-order valence-corrected chi connectivity index (χ0v) is 17.4. The van der Waals surface area contributed by atoms with Gasteiger partial charge in [0.25, 0.3) is 5.91 Å². The largest absolute Gasteiger partial charge is 0.506 e. The van der Waals surface area contributed by atoms with Gasteiger partial charge in [-0.2, -0.15) is 0 Å². The van der Waals surface area contributed by atoms with Crippen LogP contribution in [0.3, 0.4) is 0 Å². The summed E-state index contributed by atoms with van der Waals surface area (Å²) in [4.78, 5) is 42.5. The molecule has 0 fully saturated rings. The van der Waals surface area contributed by atoms with Crippen molar-refractivity contribution >= 4 is 39.4 Å². The number of urea groups is 1. The Kier molecular flexibility index (Phi) is 5.46. The van der Waals surface area contributed by atoms with Gasteiger partial charge in [0.1, 0.15) is 22.6 Å². The number of nitrogens with one attached hydrogen (secondary N) is 2. The van der Waals surface area contributed by atoms with Crippen LogP contribution < -0.4 is 20.8 Å². The summed E-state index contributed by atoms with van der Waals surface area (Å²) in [5.74, 6) is -0.610. The van der Waals surface area contributed by atoms with E-state index in [1.54, 1.807) is 47.2 Å². The van der Waals surface area contributed by atoms with E-state index >= 15 is 0 Å². The van der Waals surface area contributed by atoms with Crippen LogP contribution >= 0.6 is 0 Å². The van der Waals surface area contributed by atoms with E-state index in [1.807, 2.05) is 6.92 Å². The lowest BCUT2D eigenvalue weighted by molar-refractivity contribution is 0.0965. The molecule has 2 heterocycles. The summed E-state index contributed by atoms with van der Waals surface area (Å²) in [6, 6.07) is 10.7. The van der Waals surface area contributed by atoms with Gasteiger partial charge in [0.2, 0.25) is 5.43 Å². The van der Waals surface area contributed by atoms with Crippen LogP contribution in [0.4, 0.5) is 10.5 Å². The van der Waals surface area contributed by atoms with Crippen LogP contribution in [-0.2, 0) is 6.54 Å². The molecule has 4 aromatic rings. The first-order valence-electron chi connectivity index (χ1n) is 9.83. The third-order valence-electron chi connectivity index (χ3n) is 5.07. The summed E-state index contributed by atoms with van der Waals surface area (Å²) in [6.45, 7) is 2.30. The standard InChI is InChI=1S/C23H20N4O5/c1-3-27-12-15(22(30)26-23(31)25-16-8-4-5-9-18(16)32-2)21(29)14-11-17(28)19-13(20(14)27)7-6-10-24-19/h4-12,28H,3H2,1-2H3,(H2,25,26,30,31). The fraction of sp³-hybridized carbons (Fsp3) is 0.130. The summed E-state index contributed by atoms with van der Waals surface area (Å²) < 4.78 is 6.89. The quantitative estimate of drug-likeness (QED) is 0.426. The molecule has 0 atom stereocenters. The number of nitrogens with zero attached hydrogens (tertiary/aromatic N) is 2. The number of phenolic OH excluding ortho intramolecular Hbond substituents is 1. The van der Waals surface area contributed by atoms with Gasteiger partial charge < -0.3 is 19.7 Å². The third-order valence-corrected chi connectivity index (χ3v) is 5.07. The summed E-state index contributed by atoms with van der Waals surface area (Å²) in [5.41, 5.74) is 0.447. The molecule has 0 aliphatic heterocycles. The van der Waals surface area contributed by atoms with Gasteiger partial charge in [-0.3, -0.25) is 19.9 Å². The maximum atomic E-state index is 13.1. The highest BCUT2D eigenvalue weighted by atomic mass is 16.5. The Morgan fingerprint density at radius 2 is 1.94 bits per heavy atom. The average molecular weight is 432 g/mol. The van der Waals surface area contributed by atoms with E-state index in [0.29, 0.717) is 34.4 Å². The van der Waals surface area contributed by atoms with Crippen LogP contribution in [0.2, 0.25) is 0 Å². The van der Waals surface area contributed by atoms with Gasteiger partial charge in [-0.25, -0.2) is 4.79 Å². The summed E-state index contributed by atoms with van der Waals surface area (Å²) in [6.07, 6.45) is 2.95. The third kappa shape index (κ3) is 3.60. The summed E-state index contributed by atoms with van der Waals surface area (Å²) >= 11 is 0. The van der Waals surface area contributed by atoms with Gasteiger partial charge in [0, 0.05) is 24.3 Å². The molecule has 9 nitrogen and oxygen atoms in total. The Morgan fingerprint density at radius 1 is 1.16 bits per heavy atom. The number of benzene rings is 2. The normalized spacial score (nSPS) is 10.8. The van der Waals surface area contributed by atoms with Crippen molar-refractivity contribution in [3.63, 3.8) is 0 Å². The Morgan fingerprint density at radius 3 is 2.69 bits per heavy atom. The van der Waals surface area contributed by atoms with Gasteiger partial charge in [0.15, 0.2) is 0 Å². The minimum atomic E-state index is -0.864. The average Bonchev–Trinajstić information content (AvgIpc) is 2.80. The zero-order valence-electron chi connectivity index (χ0n) is 17.4. The number of fused-ring (bicyclic) bond motifs is 3. The van der Waals surface area contributed by atoms with Crippen LogP contribution in [0.1, 0.15) is 17.3 Å². The highest BCUT2D eigenvalue weighted by Gasteiger charge is 2.20. The van der Waals surface area contributed by atoms with Crippen LogP contribution in [-0.4, -0.2) is 33.7 Å². The van der Waals surface area contributed by atoms with Crippen molar-refractivity contribution in [3.05, 3.63) is 70.6 Å². The molecule has 0 unspecified atom stereocenters. The van der Waals surface area contributed by atoms with Gasteiger partial charge in [0.05, 0.1) is 23.7 Å². The molecule has 0 radical (unpaired) electrons. The van der Waals surface area contributed by atoms with Crippen molar-refractivity contribution < 1.29 is 19.4 Å². The number of hydrogen-bond acceptors (Lipinski definition) is 6. The number of carbonyl (C=O) groups is 2. The van der Waals surface area contributed by atoms with E-state index < -0.39 is 17.4 Å². The van der Waals surface area contributed by atoms with Gasteiger partial charge in [-0.15, -0.1) is 0 Å². The van der Waals surface area contributed by atoms with Crippen LogP contribution in [0, 0.1) is 0 Å². The smallest absolute Gasteiger partial charge is 0.326 e. The van der Waals surface area contributed by atoms with Crippen molar-refractivity contribution in [2.75, 3.05) is 12.4 Å². The second-order valence-corrected chi connectivity index (χ2v) is 6.96. The van der Waals surface area contributed by atoms with Gasteiger partial charge in [-0.05, 0) is 37.3 Å². The van der Waals surface area contributed by atoms with Gasteiger partial charge >= 0.3 is 6.03 Å². The molecule has 2 aromatic carbocycles. The lowest BCUT2D eigenvalue weighted by Gasteiger charge is -2.14. The predicted octanol–water partition coefficient (Wildman–Crippen LogP) is 3.25. The number of pyridine rings is 2. The van der Waals surface area contributed by atoms with E-state index in [9.17, 15) is 19.5 Å². The van der Waals surface area contributed by atoms with Crippen LogP contribution in [0.5, 0.6) is 11.5 Å². The Bertz CT molecular complexity index is 1430. The lowest BCUT2D eigenvalue weighted by Crippen LogP contribution is -2.37. The number of carbonyl (C=O) groups excluding carboxylic acids is 2. The number of amides is 3. The molecule has 0 saturated heterocycles. The number of ether oxygens (including phenoxy) is 1. The number of aromatic hydroxyl groups is 1. The molecular formula is C23H20N4O5. The topological polar surface area (TPSA) is 123 Å². The van der Waals surface area contributed by atoms with E-state index in [2.05, 4.69) is 15.6 Å². The predicted molar refractivity (Wildman–Crippen MR) is 120 cm³/mol. The molecule has 0 saturated carbocycles. The van der Waals surface area contributed by atoms with Gasteiger partial charge in [-0.1, -0.05) is 12.1 Å². The molecule has 162 valence electrons. The molecule has 0 aliphatic rings. The number of aryl methyl sites for hydroxylation is 1. The Labute approximate surface area is 182 Å². The Balaban J connectivity index is 1.73. The first-order valence-corrected chi connectivity index (χ1v) is 9.83. The zero-order chi connectivity index (χ0) is 22.8. The van der Waals surface area contributed by atoms with E-state index in [0.717, 1.165) is 0 Å². The van der Waals surface area contributed by atoms with Crippen molar-refractivity contribution in [1.82, 2.24) is 14.9 Å². The molecule has 32 heavy (non-hydrogen) atoms. The summed E-state index contributed by atoms with van der Waals surface area (Å²) in [7, 11) is 1.46. The maximum Gasteiger partial charge on any atom is 0.326 e. The number of aromatic nitrogens is 2. The highest BCUT2D eigenvalue weighted by Crippen LogP contribution is 2.30. The van der Waals surface area contributed by atoms with Crippen LogP contribution in [0.15, 0.2) is 59.7 Å². The molecule has 4 rings (SSSR count). The van der Waals surface area contributed by atoms with E-state index in [4.69, 9.17) is 4.74 Å². The monoisotopic (exact) mass is 432 g/mol. The summed E-state index contributed by atoms with van der Waals surface area (Å²) in [5, 5.41) is 15.8. The first kappa shape index (κ1) is 20.9. The highest BCUT2D eigenvalue weighted by molar-refractivity contribution is 6.11. The number of para-hydroxylation sites is 2. The second-order valence-electron chi connectivity index (χ2n) is 6.96. The minimum Gasteiger partial charge on any atom is -0.506 e.